The van der Waals surface area contributed by atoms with E-state index in [1.807, 2.05) is 25.2 Å². The lowest BCUT2D eigenvalue weighted by Crippen LogP contribution is -2.02. The van der Waals surface area contributed by atoms with E-state index in [4.69, 9.17) is 0 Å². The molecule has 0 spiro atoms. The molecule has 0 aliphatic rings. The van der Waals surface area contributed by atoms with Gasteiger partial charge in [-0.1, -0.05) is 18.2 Å². The Labute approximate surface area is 122 Å². The summed E-state index contributed by atoms with van der Waals surface area (Å²) < 4.78 is 4.63. The van der Waals surface area contributed by atoms with Crippen LogP contribution in [-0.2, 0) is 15.3 Å². The molecule has 0 amide bonds. The number of anilines is 1. The van der Waals surface area contributed by atoms with Crippen molar-refractivity contribution in [2.75, 3.05) is 25.2 Å². The van der Waals surface area contributed by atoms with E-state index in [0.717, 1.165) is 33.8 Å². The van der Waals surface area contributed by atoms with Crippen LogP contribution in [0.1, 0.15) is 12.0 Å². The van der Waals surface area contributed by atoms with Gasteiger partial charge in [-0.3, -0.25) is 4.79 Å². The Hall–Kier alpha value is -1.75. The lowest BCUT2D eigenvalue weighted by molar-refractivity contribution is -0.140. The fourth-order valence-corrected chi connectivity index (χ4v) is 2.82. The molecule has 0 radical (unpaired) electrons. The third-order valence-electron chi connectivity index (χ3n) is 2.98. The first-order valence-electron chi connectivity index (χ1n) is 6.45. The highest BCUT2D eigenvalue weighted by molar-refractivity contribution is 7.98. The molecule has 5 heteroatoms. The molecule has 0 unspecified atom stereocenters. The highest BCUT2D eigenvalue weighted by Gasteiger charge is 2.06. The molecular formula is C15H18N2O2S. The first-order valence-corrected chi connectivity index (χ1v) is 7.61. The van der Waals surface area contributed by atoms with Crippen molar-refractivity contribution in [2.45, 2.75) is 12.2 Å². The predicted octanol–water partition coefficient (Wildman–Crippen LogP) is 3.07. The summed E-state index contributed by atoms with van der Waals surface area (Å²) in [7, 11) is 3.29. The van der Waals surface area contributed by atoms with Gasteiger partial charge in [0, 0.05) is 29.5 Å². The molecule has 0 saturated heterocycles. The zero-order valence-corrected chi connectivity index (χ0v) is 12.5. The minimum absolute atomic E-state index is 0.164. The summed E-state index contributed by atoms with van der Waals surface area (Å²) in [6.45, 7) is 0. The highest BCUT2D eigenvalue weighted by atomic mass is 32.2. The molecule has 1 heterocycles. The van der Waals surface area contributed by atoms with E-state index < -0.39 is 0 Å². The van der Waals surface area contributed by atoms with Crippen LogP contribution in [0.15, 0.2) is 30.3 Å². The third-order valence-corrected chi connectivity index (χ3v) is 3.98. The van der Waals surface area contributed by atoms with E-state index in [1.54, 1.807) is 11.8 Å². The van der Waals surface area contributed by atoms with Crippen LogP contribution in [0.25, 0.3) is 10.9 Å². The molecule has 1 aromatic heterocycles. The van der Waals surface area contributed by atoms with Crippen LogP contribution < -0.4 is 5.32 Å². The molecule has 0 aliphatic carbocycles. The average Bonchev–Trinajstić information content (AvgIpc) is 2.50. The van der Waals surface area contributed by atoms with Crippen molar-refractivity contribution in [3.8, 4) is 0 Å². The Morgan fingerprint density at radius 1 is 1.40 bits per heavy atom. The topological polar surface area (TPSA) is 51.2 Å². The summed E-state index contributed by atoms with van der Waals surface area (Å²) in [5, 5.41) is 4.27. The second-order valence-electron chi connectivity index (χ2n) is 4.32. The minimum atomic E-state index is -0.164. The molecule has 4 nitrogen and oxygen atoms in total. The van der Waals surface area contributed by atoms with Crippen molar-refractivity contribution in [1.29, 1.82) is 0 Å². The van der Waals surface area contributed by atoms with Crippen LogP contribution in [0.2, 0.25) is 0 Å². The molecule has 0 bridgehead atoms. The molecule has 0 aliphatic heterocycles. The normalized spacial score (nSPS) is 10.5. The summed E-state index contributed by atoms with van der Waals surface area (Å²) in [5.74, 6) is 2.31. The quantitative estimate of drug-likeness (QED) is 0.654. The fraction of sp³-hybridized carbons (Fsp3) is 0.333. The van der Waals surface area contributed by atoms with Crippen molar-refractivity contribution >= 4 is 34.5 Å². The van der Waals surface area contributed by atoms with Gasteiger partial charge >= 0.3 is 5.97 Å². The third kappa shape index (κ3) is 3.63. The van der Waals surface area contributed by atoms with Gasteiger partial charge in [-0.2, -0.15) is 11.8 Å². The summed E-state index contributed by atoms with van der Waals surface area (Å²) >= 11 is 1.71. The van der Waals surface area contributed by atoms with Crippen LogP contribution >= 0.6 is 11.8 Å². The number of carbonyl (C=O) groups excluding carboxylic acids is 1. The number of fused-ring (bicyclic) bond motifs is 1. The Balaban J connectivity index is 2.06. The summed E-state index contributed by atoms with van der Waals surface area (Å²) in [6, 6.07) is 10.2. The molecule has 0 saturated carbocycles. The maximum atomic E-state index is 11.1. The number of hydrogen-bond donors (Lipinski definition) is 1. The van der Waals surface area contributed by atoms with Gasteiger partial charge in [0.1, 0.15) is 5.82 Å². The van der Waals surface area contributed by atoms with E-state index >= 15 is 0 Å². The minimum Gasteiger partial charge on any atom is -0.469 e. The molecule has 1 N–H and O–H groups in total. The largest absolute Gasteiger partial charge is 0.469 e. The van der Waals surface area contributed by atoms with Gasteiger partial charge in [0.25, 0.3) is 0 Å². The number of aromatic nitrogens is 1. The molecule has 2 rings (SSSR count). The fourth-order valence-electron chi connectivity index (χ4n) is 1.93. The summed E-state index contributed by atoms with van der Waals surface area (Å²) in [5.41, 5.74) is 2.14. The number of pyridine rings is 1. The van der Waals surface area contributed by atoms with Gasteiger partial charge in [0.15, 0.2) is 0 Å². The SMILES string of the molecule is CNc1nc2ccccc2cc1CSCCC(=O)OC. The van der Waals surface area contributed by atoms with Gasteiger partial charge in [-0.05, 0) is 12.1 Å². The Morgan fingerprint density at radius 3 is 2.95 bits per heavy atom. The summed E-state index contributed by atoms with van der Waals surface area (Å²) in [4.78, 5) is 15.7. The molecule has 0 fully saturated rings. The molecular weight excluding hydrogens is 272 g/mol. The van der Waals surface area contributed by atoms with Crippen molar-refractivity contribution < 1.29 is 9.53 Å². The molecule has 2 aromatic rings. The number of thioether (sulfide) groups is 1. The van der Waals surface area contributed by atoms with Crippen LogP contribution in [-0.4, -0.2) is 30.9 Å². The zero-order valence-electron chi connectivity index (χ0n) is 11.7. The van der Waals surface area contributed by atoms with Gasteiger partial charge in [-0.25, -0.2) is 4.98 Å². The number of hydrogen-bond acceptors (Lipinski definition) is 5. The van der Waals surface area contributed by atoms with Gasteiger partial charge < -0.3 is 10.1 Å². The molecule has 0 atom stereocenters. The predicted molar refractivity (Wildman–Crippen MR) is 84.1 cm³/mol. The van der Waals surface area contributed by atoms with Crippen LogP contribution in [0.5, 0.6) is 0 Å². The molecule has 20 heavy (non-hydrogen) atoms. The number of esters is 1. The van der Waals surface area contributed by atoms with E-state index in [1.165, 1.54) is 7.11 Å². The lowest BCUT2D eigenvalue weighted by atomic mass is 10.1. The molecule has 1 aromatic carbocycles. The smallest absolute Gasteiger partial charge is 0.306 e. The molecule has 106 valence electrons. The first-order chi connectivity index (χ1) is 9.74. The number of carbonyl (C=O) groups is 1. The van der Waals surface area contributed by atoms with Gasteiger partial charge in [0.05, 0.1) is 19.0 Å². The highest BCUT2D eigenvalue weighted by Crippen LogP contribution is 2.24. The standard InChI is InChI=1S/C15H18N2O2S/c1-16-15-12(10-20-8-7-14(18)19-2)9-11-5-3-4-6-13(11)17-15/h3-6,9H,7-8,10H2,1-2H3,(H,16,17). The monoisotopic (exact) mass is 290 g/mol. The van der Waals surface area contributed by atoms with Crippen LogP contribution in [0.4, 0.5) is 5.82 Å². The lowest BCUT2D eigenvalue weighted by Gasteiger charge is -2.10. The van der Waals surface area contributed by atoms with E-state index in [-0.39, 0.29) is 5.97 Å². The Bertz CT molecular complexity index is 601. The maximum Gasteiger partial charge on any atom is 0.306 e. The second-order valence-corrected chi connectivity index (χ2v) is 5.42. The van der Waals surface area contributed by atoms with Crippen molar-refractivity contribution in [1.82, 2.24) is 4.98 Å². The first kappa shape index (κ1) is 14.7. The number of benzene rings is 1. The van der Waals surface area contributed by atoms with E-state index in [9.17, 15) is 4.79 Å². The van der Waals surface area contributed by atoms with Crippen molar-refractivity contribution in [2.24, 2.45) is 0 Å². The van der Waals surface area contributed by atoms with Crippen molar-refractivity contribution in [3.05, 3.63) is 35.9 Å². The maximum absolute atomic E-state index is 11.1. The number of para-hydroxylation sites is 1. The number of rotatable bonds is 6. The summed E-state index contributed by atoms with van der Waals surface area (Å²) in [6.07, 6.45) is 0.442. The van der Waals surface area contributed by atoms with Crippen molar-refractivity contribution in [3.63, 3.8) is 0 Å². The number of methoxy groups -OCH3 is 1. The number of nitrogens with zero attached hydrogens (tertiary/aromatic N) is 1. The number of ether oxygens (including phenoxy) is 1. The second kappa shape index (κ2) is 7.14. The van der Waals surface area contributed by atoms with Gasteiger partial charge in [0.2, 0.25) is 0 Å². The van der Waals surface area contributed by atoms with E-state index in [0.29, 0.717) is 6.42 Å². The van der Waals surface area contributed by atoms with Gasteiger partial charge in [-0.15, -0.1) is 0 Å². The Kier molecular flexibility index (Phi) is 5.24. The van der Waals surface area contributed by atoms with E-state index in [2.05, 4.69) is 27.2 Å². The Morgan fingerprint density at radius 2 is 2.20 bits per heavy atom. The number of nitrogens with one attached hydrogen (secondary N) is 1. The average molecular weight is 290 g/mol. The zero-order chi connectivity index (χ0) is 14.4. The van der Waals surface area contributed by atoms with Crippen LogP contribution in [0, 0.1) is 0 Å². The van der Waals surface area contributed by atoms with Crippen LogP contribution in [0.3, 0.4) is 0 Å².